The number of likely N-dealkylation sites (tertiary alicyclic amines) is 1. The highest BCUT2D eigenvalue weighted by Crippen LogP contribution is 2.26. The Bertz CT molecular complexity index is 868. The minimum Gasteiger partial charge on any atom is -0.337 e. The third kappa shape index (κ3) is 3.36. The van der Waals surface area contributed by atoms with E-state index in [-0.39, 0.29) is 5.91 Å². The van der Waals surface area contributed by atoms with Crippen LogP contribution in [-0.2, 0) is 6.42 Å². The minimum atomic E-state index is -0.0130. The van der Waals surface area contributed by atoms with Gasteiger partial charge in [-0.2, -0.15) is 5.10 Å². The maximum absolute atomic E-state index is 12.5. The molecule has 0 radical (unpaired) electrons. The zero-order valence-electron chi connectivity index (χ0n) is 14.0. The van der Waals surface area contributed by atoms with Gasteiger partial charge in [-0.25, -0.2) is 0 Å². The Morgan fingerprint density at radius 2 is 1.88 bits per heavy atom. The monoisotopic (exact) mass is 332 g/mol. The van der Waals surface area contributed by atoms with Gasteiger partial charge >= 0.3 is 0 Å². The second kappa shape index (κ2) is 6.97. The van der Waals surface area contributed by atoms with Gasteiger partial charge in [0.2, 0.25) is 0 Å². The fourth-order valence-corrected chi connectivity index (χ4v) is 3.57. The number of nitrogens with zero attached hydrogens (tertiary/aromatic N) is 4. The zero-order valence-corrected chi connectivity index (χ0v) is 14.0. The molecule has 1 aliphatic rings. The molecular weight excluding hydrogens is 312 g/mol. The van der Waals surface area contributed by atoms with Gasteiger partial charge in [-0.15, -0.1) is 5.10 Å². The van der Waals surface area contributed by atoms with Crippen molar-refractivity contribution in [1.82, 2.24) is 20.1 Å². The molecule has 1 aliphatic heterocycles. The van der Waals surface area contributed by atoms with Crippen molar-refractivity contribution < 1.29 is 4.79 Å². The number of pyridine rings is 1. The van der Waals surface area contributed by atoms with E-state index in [9.17, 15) is 4.79 Å². The SMILES string of the molecule is O=C(c1cccnn1)N1CCC(Cc2cccc3ncccc23)CC1. The highest BCUT2D eigenvalue weighted by molar-refractivity contribution is 5.92. The Hall–Kier alpha value is -2.82. The van der Waals surface area contributed by atoms with E-state index in [0.717, 1.165) is 37.9 Å². The van der Waals surface area contributed by atoms with E-state index in [0.29, 0.717) is 11.6 Å². The van der Waals surface area contributed by atoms with Gasteiger partial charge in [-0.05, 0) is 55.0 Å². The molecule has 0 bridgehead atoms. The summed E-state index contributed by atoms with van der Waals surface area (Å²) >= 11 is 0. The second-order valence-electron chi connectivity index (χ2n) is 6.54. The summed E-state index contributed by atoms with van der Waals surface area (Å²) in [5, 5.41) is 8.96. The van der Waals surface area contributed by atoms with Crippen LogP contribution in [0.15, 0.2) is 54.9 Å². The van der Waals surface area contributed by atoms with E-state index in [1.54, 1.807) is 18.3 Å². The summed E-state index contributed by atoms with van der Waals surface area (Å²) in [6, 6.07) is 13.9. The molecule has 4 rings (SSSR count). The first-order valence-corrected chi connectivity index (χ1v) is 8.71. The van der Waals surface area contributed by atoms with Gasteiger partial charge in [0.05, 0.1) is 5.52 Å². The van der Waals surface area contributed by atoms with E-state index in [1.165, 1.54) is 10.9 Å². The number of carbonyl (C=O) groups excluding carboxylic acids is 1. The lowest BCUT2D eigenvalue weighted by molar-refractivity contribution is 0.0683. The van der Waals surface area contributed by atoms with Crippen molar-refractivity contribution in [3.63, 3.8) is 0 Å². The second-order valence-corrected chi connectivity index (χ2v) is 6.54. The van der Waals surface area contributed by atoms with Crippen LogP contribution in [0.4, 0.5) is 0 Å². The molecule has 0 atom stereocenters. The molecule has 1 fully saturated rings. The van der Waals surface area contributed by atoms with Crippen molar-refractivity contribution >= 4 is 16.8 Å². The first-order chi connectivity index (χ1) is 12.3. The smallest absolute Gasteiger partial charge is 0.274 e. The summed E-state index contributed by atoms with van der Waals surface area (Å²) in [6.07, 6.45) is 6.49. The van der Waals surface area contributed by atoms with Crippen molar-refractivity contribution in [2.45, 2.75) is 19.3 Å². The van der Waals surface area contributed by atoms with Gasteiger partial charge in [0, 0.05) is 30.9 Å². The van der Waals surface area contributed by atoms with Gasteiger partial charge in [0.25, 0.3) is 5.91 Å². The third-order valence-corrected chi connectivity index (χ3v) is 4.94. The lowest BCUT2D eigenvalue weighted by atomic mass is 9.88. The van der Waals surface area contributed by atoms with Crippen LogP contribution in [0.1, 0.15) is 28.9 Å². The Morgan fingerprint density at radius 1 is 1.04 bits per heavy atom. The number of benzene rings is 1. The van der Waals surface area contributed by atoms with Crippen LogP contribution < -0.4 is 0 Å². The van der Waals surface area contributed by atoms with Gasteiger partial charge in [0.15, 0.2) is 5.69 Å². The lowest BCUT2D eigenvalue weighted by Crippen LogP contribution is -2.39. The molecule has 0 unspecified atom stereocenters. The average molecular weight is 332 g/mol. The number of rotatable bonds is 3. The maximum atomic E-state index is 12.5. The number of hydrogen-bond donors (Lipinski definition) is 0. The first kappa shape index (κ1) is 15.7. The summed E-state index contributed by atoms with van der Waals surface area (Å²) in [4.78, 5) is 18.8. The van der Waals surface area contributed by atoms with Gasteiger partial charge in [-0.1, -0.05) is 18.2 Å². The molecule has 3 aromatic rings. The minimum absolute atomic E-state index is 0.0130. The highest BCUT2D eigenvalue weighted by atomic mass is 16.2. The van der Waals surface area contributed by atoms with E-state index in [1.807, 2.05) is 17.2 Å². The normalized spacial score (nSPS) is 15.4. The number of fused-ring (bicyclic) bond motifs is 1. The Balaban J connectivity index is 1.41. The van der Waals surface area contributed by atoms with Crippen LogP contribution in [0.2, 0.25) is 0 Å². The maximum Gasteiger partial charge on any atom is 0.274 e. The number of aromatic nitrogens is 3. The van der Waals surface area contributed by atoms with Crippen molar-refractivity contribution in [2.75, 3.05) is 13.1 Å². The quantitative estimate of drug-likeness (QED) is 0.739. The summed E-state index contributed by atoms with van der Waals surface area (Å²) < 4.78 is 0. The number of hydrogen-bond acceptors (Lipinski definition) is 4. The molecule has 0 saturated carbocycles. The Labute approximate surface area is 146 Å². The topological polar surface area (TPSA) is 59.0 Å². The van der Waals surface area contributed by atoms with Crippen LogP contribution in [-0.4, -0.2) is 39.1 Å². The van der Waals surface area contributed by atoms with Crippen molar-refractivity contribution in [1.29, 1.82) is 0 Å². The molecule has 126 valence electrons. The molecule has 25 heavy (non-hydrogen) atoms. The molecule has 1 amide bonds. The van der Waals surface area contributed by atoms with E-state index in [4.69, 9.17) is 0 Å². The summed E-state index contributed by atoms with van der Waals surface area (Å²) in [5.74, 6) is 0.581. The Kier molecular flexibility index (Phi) is 4.37. The van der Waals surface area contributed by atoms with Crippen molar-refractivity contribution in [2.24, 2.45) is 5.92 Å². The molecule has 0 aliphatic carbocycles. The van der Waals surface area contributed by atoms with Gasteiger partial charge < -0.3 is 4.90 Å². The molecule has 1 saturated heterocycles. The summed E-state index contributed by atoms with van der Waals surface area (Å²) in [6.45, 7) is 1.56. The van der Waals surface area contributed by atoms with Crippen LogP contribution in [0.5, 0.6) is 0 Å². The summed E-state index contributed by atoms with van der Waals surface area (Å²) in [5.41, 5.74) is 2.83. The van der Waals surface area contributed by atoms with Crippen LogP contribution >= 0.6 is 0 Å². The average Bonchev–Trinajstić information content (AvgIpc) is 2.69. The third-order valence-electron chi connectivity index (χ3n) is 4.94. The van der Waals surface area contributed by atoms with Crippen molar-refractivity contribution in [3.05, 3.63) is 66.1 Å². The predicted molar refractivity (Wildman–Crippen MR) is 96.1 cm³/mol. The van der Waals surface area contributed by atoms with Crippen LogP contribution in [0, 0.1) is 5.92 Å². The standard InChI is InChI=1S/C20H20N4O/c25-20(19-7-3-11-22-23-19)24-12-8-15(9-13-24)14-16-4-1-6-18-17(16)5-2-10-21-18/h1-7,10-11,15H,8-9,12-14H2. The zero-order chi connectivity index (χ0) is 17.1. The number of amides is 1. The molecule has 0 N–H and O–H groups in total. The van der Waals surface area contributed by atoms with E-state index >= 15 is 0 Å². The largest absolute Gasteiger partial charge is 0.337 e. The number of carbonyl (C=O) groups is 1. The molecule has 2 aromatic heterocycles. The van der Waals surface area contributed by atoms with Gasteiger partial charge in [0.1, 0.15) is 0 Å². The molecule has 5 nitrogen and oxygen atoms in total. The molecule has 3 heterocycles. The molecular formula is C20H20N4O. The molecule has 5 heteroatoms. The van der Waals surface area contributed by atoms with Gasteiger partial charge in [-0.3, -0.25) is 9.78 Å². The van der Waals surface area contributed by atoms with E-state index < -0.39 is 0 Å². The highest BCUT2D eigenvalue weighted by Gasteiger charge is 2.24. The Morgan fingerprint density at radius 3 is 2.68 bits per heavy atom. The van der Waals surface area contributed by atoms with Crippen LogP contribution in [0.25, 0.3) is 10.9 Å². The predicted octanol–water partition coefficient (Wildman–Crippen LogP) is 3.12. The molecule has 1 aromatic carbocycles. The summed E-state index contributed by atoms with van der Waals surface area (Å²) in [7, 11) is 0. The lowest BCUT2D eigenvalue weighted by Gasteiger charge is -2.32. The van der Waals surface area contributed by atoms with Crippen molar-refractivity contribution in [3.8, 4) is 0 Å². The first-order valence-electron chi connectivity index (χ1n) is 8.71. The van der Waals surface area contributed by atoms with Crippen LogP contribution in [0.3, 0.4) is 0 Å². The van der Waals surface area contributed by atoms with E-state index in [2.05, 4.69) is 39.4 Å². The number of piperidine rings is 1. The fraction of sp³-hybridized carbons (Fsp3) is 0.300. The molecule has 0 spiro atoms. The fourth-order valence-electron chi connectivity index (χ4n) is 3.57.